The van der Waals surface area contributed by atoms with Crippen molar-refractivity contribution in [3.05, 3.63) is 60.2 Å². The number of hydrogen-bond donors (Lipinski definition) is 1. The molecule has 0 amide bonds. The van der Waals surface area contributed by atoms with Crippen LogP contribution in [0.15, 0.2) is 54.6 Å². The van der Waals surface area contributed by atoms with E-state index in [1.54, 1.807) is 0 Å². The maximum absolute atomic E-state index is 8.81. The lowest BCUT2D eigenvalue weighted by Gasteiger charge is -2.23. The molecule has 2 aromatic carbocycles. The lowest BCUT2D eigenvalue weighted by atomic mass is 10.2. The first-order valence-corrected chi connectivity index (χ1v) is 6.96. The fraction of sp³-hybridized carbons (Fsp3) is 0.294. The molecule has 0 spiro atoms. The van der Waals surface area contributed by atoms with E-state index in [1.165, 1.54) is 5.56 Å². The number of benzene rings is 2. The third-order valence-corrected chi connectivity index (χ3v) is 3.14. The molecule has 20 heavy (non-hydrogen) atoms. The molecule has 3 heteroatoms. The Morgan fingerprint density at radius 3 is 2.55 bits per heavy atom. The third kappa shape index (κ3) is 4.00. The molecular formula is C17H21NO2. The lowest BCUT2D eigenvalue weighted by Crippen LogP contribution is -2.21. The highest BCUT2D eigenvalue weighted by Gasteiger charge is 2.06. The van der Waals surface area contributed by atoms with Crippen LogP contribution >= 0.6 is 0 Å². The van der Waals surface area contributed by atoms with Crippen LogP contribution in [0.3, 0.4) is 0 Å². The number of hydrogen-bond acceptors (Lipinski definition) is 3. The Hall–Kier alpha value is -2.00. The molecular weight excluding hydrogens is 250 g/mol. The summed E-state index contributed by atoms with van der Waals surface area (Å²) in [7, 11) is 0. The van der Waals surface area contributed by atoms with E-state index in [1.807, 2.05) is 24.3 Å². The summed E-state index contributed by atoms with van der Waals surface area (Å²) < 4.78 is 5.46. The standard InChI is InChI=1S/C17H21NO2/c1-2-18(14-15-7-4-3-5-8-15)16-9-6-10-17(13-16)20-12-11-19/h3-10,13,19H,2,11-12,14H2,1H3. The summed E-state index contributed by atoms with van der Waals surface area (Å²) in [5, 5.41) is 8.81. The van der Waals surface area contributed by atoms with Crippen molar-refractivity contribution in [3.8, 4) is 5.75 Å². The first-order chi connectivity index (χ1) is 9.83. The molecule has 0 atom stereocenters. The number of aliphatic hydroxyl groups excluding tert-OH is 1. The van der Waals surface area contributed by atoms with E-state index in [2.05, 4.69) is 42.2 Å². The van der Waals surface area contributed by atoms with Crippen molar-refractivity contribution in [3.63, 3.8) is 0 Å². The smallest absolute Gasteiger partial charge is 0.121 e. The molecule has 2 rings (SSSR count). The van der Waals surface area contributed by atoms with E-state index < -0.39 is 0 Å². The van der Waals surface area contributed by atoms with Gasteiger partial charge >= 0.3 is 0 Å². The van der Waals surface area contributed by atoms with E-state index >= 15 is 0 Å². The van der Waals surface area contributed by atoms with Gasteiger partial charge in [-0.1, -0.05) is 36.4 Å². The molecule has 0 heterocycles. The van der Waals surface area contributed by atoms with Crippen LogP contribution in [0.2, 0.25) is 0 Å². The van der Waals surface area contributed by atoms with Gasteiger partial charge in [0.2, 0.25) is 0 Å². The van der Waals surface area contributed by atoms with Crippen LogP contribution in [0.25, 0.3) is 0 Å². The van der Waals surface area contributed by atoms with Crippen LogP contribution in [0.5, 0.6) is 5.75 Å². The molecule has 2 aromatic rings. The predicted molar refractivity (Wildman–Crippen MR) is 82.2 cm³/mol. The van der Waals surface area contributed by atoms with Gasteiger partial charge in [-0.25, -0.2) is 0 Å². The highest BCUT2D eigenvalue weighted by Crippen LogP contribution is 2.22. The first kappa shape index (κ1) is 14.4. The van der Waals surface area contributed by atoms with Gasteiger partial charge in [0, 0.05) is 24.8 Å². The third-order valence-electron chi connectivity index (χ3n) is 3.14. The average Bonchev–Trinajstić information content (AvgIpc) is 2.52. The molecule has 0 unspecified atom stereocenters. The molecule has 0 fully saturated rings. The topological polar surface area (TPSA) is 32.7 Å². The van der Waals surface area contributed by atoms with E-state index in [9.17, 15) is 0 Å². The van der Waals surface area contributed by atoms with Gasteiger partial charge in [-0.15, -0.1) is 0 Å². The van der Waals surface area contributed by atoms with E-state index in [0.717, 1.165) is 24.5 Å². The summed E-state index contributed by atoms with van der Waals surface area (Å²) in [5.41, 5.74) is 2.42. The second-order valence-corrected chi connectivity index (χ2v) is 4.57. The molecule has 106 valence electrons. The van der Waals surface area contributed by atoms with Crippen LogP contribution in [0, 0.1) is 0 Å². The Balaban J connectivity index is 2.10. The van der Waals surface area contributed by atoms with Crippen LogP contribution < -0.4 is 9.64 Å². The first-order valence-electron chi connectivity index (χ1n) is 6.96. The molecule has 3 nitrogen and oxygen atoms in total. The number of rotatable bonds is 7. The van der Waals surface area contributed by atoms with Gasteiger partial charge in [0.05, 0.1) is 6.61 Å². The minimum absolute atomic E-state index is 0.0335. The fourth-order valence-electron chi connectivity index (χ4n) is 2.12. The van der Waals surface area contributed by atoms with Crippen LogP contribution in [-0.4, -0.2) is 24.9 Å². The number of anilines is 1. The monoisotopic (exact) mass is 271 g/mol. The van der Waals surface area contributed by atoms with E-state index in [4.69, 9.17) is 9.84 Å². The van der Waals surface area contributed by atoms with E-state index in [-0.39, 0.29) is 6.61 Å². The zero-order chi connectivity index (χ0) is 14.2. The maximum atomic E-state index is 8.81. The Labute approximate surface area is 120 Å². The van der Waals surface area contributed by atoms with Crippen LogP contribution in [0.4, 0.5) is 5.69 Å². The number of aliphatic hydroxyl groups is 1. The Morgan fingerprint density at radius 1 is 1.05 bits per heavy atom. The van der Waals surface area contributed by atoms with Crippen LogP contribution in [-0.2, 0) is 6.54 Å². The molecule has 0 aliphatic heterocycles. The van der Waals surface area contributed by atoms with Crippen molar-refractivity contribution in [2.45, 2.75) is 13.5 Å². The molecule has 0 radical (unpaired) electrons. The van der Waals surface area contributed by atoms with Crippen molar-refractivity contribution < 1.29 is 9.84 Å². The molecule has 0 aromatic heterocycles. The summed E-state index contributed by atoms with van der Waals surface area (Å²) >= 11 is 0. The SMILES string of the molecule is CCN(Cc1ccccc1)c1cccc(OCCO)c1. The largest absolute Gasteiger partial charge is 0.491 e. The second kappa shape index (κ2) is 7.56. The van der Waals surface area contributed by atoms with Crippen molar-refractivity contribution in [2.24, 2.45) is 0 Å². The van der Waals surface area contributed by atoms with Gasteiger partial charge < -0.3 is 14.7 Å². The van der Waals surface area contributed by atoms with Crippen molar-refractivity contribution in [1.82, 2.24) is 0 Å². The Morgan fingerprint density at radius 2 is 1.85 bits per heavy atom. The van der Waals surface area contributed by atoms with Gasteiger partial charge in [0.15, 0.2) is 0 Å². The molecule has 0 saturated carbocycles. The van der Waals surface area contributed by atoms with Crippen molar-refractivity contribution >= 4 is 5.69 Å². The Kier molecular flexibility index (Phi) is 5.44. The summed E-state index contributed by atoms with van der Waals surface area (Å²) in [6, 6.07) is 18.4. The summed E-state index contributed by atoms with van der Waals surface area (Å²) in [6.45, 7) is 4.31. The second-order valence-electron chi connectivity index (χ2n) is 4.57. The van der Waals surface area contributed by atoms with Crippen molar-refractivity contribution in [1.29, 1.82) is 0 Å². The predicted octanol–water partition coefficient (Wildman–Crippen LogP) is 3.08. The molecule has 1 N–H and O–H groups in total. The summed E-state index contributed by atoms with van der Waals surface area (Å²) in [5.74, 6) is 0.795. The molecule has 0 bridgehead atoms. The van der Waals surface area contributed by atoms with Gasteiger partial charge in [0.1, 0.15) is 12.4 Å². The minimum Gasteiger partial charge on any atom is -0.491 e. The fourth-order valence-corrected chi connectivity index (χ4v) is 2.12. The maximum Gasteiger partial charge on any atom is 0.121 e. The zero-order valence-corrected chi connectivity index (χ0v) is 11.8. The van der Waals surface area contributed by atoms with Gasteiger partial charge in [-0.05, 0) is 24.6 Å². The highest BCUT2D eigenvalue weighted by molar-refractivity contribution is 5.51. The number of nitrogens with zero attached hydrogens (tertiary/aromatic N) is 1. The zero-order valence-electron chi connectivity index (χ0n) is 11.8. The van der Waals surface area contributed by atoms with Gasteiger partial charge in [0.25, 0.3) is 0 Å². The van der Waals surface area contributed by atoms with Crippen molar-refractivity contribution in [2.75, 3.05) is 24.7 Å². The highest BCUT2D eigenvalue weighted by atomic mass is 16.5. The normalized spacial score (nSPS) is 10.3. The van der Waals surface area contributed by atoms with Crippen LogP contribution in [0.1, 0.15) is 12.5 Å². The number of ether oxygens (including phenoxy) is 1. The summed E-state index contributed by atoms with van der Waals surface area (Å²) in [4.78, 5) is 2.29. The van der Waals surface area contributed by atoms with Gasteiger partial charge in [-0.2, -0.15) is 0 Å². The average molecular weight is 271 g/mol. The molecule has 0 saturated heterocycles. The molecule has 0 aliphatic carbocycles. The Bertz CT molecular complexity index is 513. The summed E-state index contributed by atoms with van der Waals surface area (Å²) in [6.07, 6.45) is 0. The lowest BCUT2D eigenvalue weighted by molar-refractivity contribution is 0.201. The molecule has 0 aliphatic rings. The van der Waals surface area contributed by atoms with Gasteiger partial charge in [-0.3, -0.25) is 0 Å². The quantitative estimate of drug-likeness (QED) is 0.840. The van der Waals surface area contributed by atoms with E-state index in [0.29, 0.717) is 6.61 Å². The minimum atomic E-state index is 0.0335.